The molecule has 0 aromatic heterocycles. The van der Waals surface area contributed by atoms with Gasteiger partial charge < -0.3 is 4.90 Å². The molecule has 49 heavy (non-hydrogen) atoms. The fourth-order valence-corrected chi connectivity index (χ4v) is 6.58. The lowest BCUT2D eigenvalue weighted by molar-refractivity contribution is 0.832. The van der Waals surface area contributed by atoms with Crippen molar-refractivity contribution in [1.29, 1.82) is 0 Å². The molecule has 0 spiro atoms. The second kappa shape index (κ2) is 15.8. The first-order valence-corrected chi connectivity index (χ1v) is 17.0. The Bertz CT molecular complexity index is 2320. The third-order valence-electron chi connectivity index (χ3n) is 9.13. The molecule has 0 heterocycles. The predicted molar refractivity (Wildman–Crippen MR) is 216 cm³/mol. The minimum absolute atomic E-state index is 0.215. The fourth-order valence-electron chi connectivity index (χ4n) is 6.58. The van der Waals surface area contributed by atoms with Crippen molar-refractivity contribution in [2.45, 2.75) is 20.3 Å². The molecule has 1 atom stereocenters. The summed E-state index contributed by atoms with van der Waals surface area (Å²) in [6.07, 6.45) is 19.4. The van der Waals surface area contributed by atoms with E-state index < -0.39 is 0 Å². The largest absolute Gasteiger partial charge is 0.321 e. The van der Waals surface area contributed by atoms with E-state index in [1.54, 1.807) is 6.08 Å². The van der Waals surface area contributed by atoms with Gasteiger partial charge in [-0.2, -0.15) is 0 Å². The molecule has 0 bridgehead atoms. The fraction of sp³-hybridized carbons (Fsp3) is 0.0833. The SMILES string of the molecule is C=C/C=C\C=C\C(C=C)C/C=C/N(/C(C)=c1\cccc\c1=C\C)c1ccc(-c2cc3ccccc3c3ccccc23)c(-c2ccccc2)c1. The normalized spacial score (nSPS) is 13.5. The molecule has 0 aliphatic carbocycles. The van der Waals surface area contributed by atoms with Crippen LogP contribution >= 0.6 is 0 Å². The minimum Gasteiger partial charge on any atom is -0.321 e. The van der Waals surface area contributed by atoms with Gasteiger partial charge >= 0.3 is 0 Å². The molecular formula is C48H43N. The monoisotopic (exact) mass is 633 g/mol. The van der Waals surface area contributed by atoms with E-state index in [1.807, 2.05) is 18.2 Å². The van der Waals surface area contributed by atoms with E-state index in [9.17, 15) is 0 Å². The summed E-state index contributed by atoms with van der Waals surface area (Å²) in [6, 6.07) is 46.1. The highest BCUT2D eigenvalue weighted by Crippen LogP contribution is 2.41. The van der Waals surface area contributed by atoms with Crippen molar-refractivity contribution in [3.8, 4) is 22.3 Å². The Hall–Kier alpha value is -5.92. The van der Waals surface area contributed by atoms with Crippen LogP contribution in [0, 0.1) is 5.92 Å². The molecule has 240 valence electrons. The number of benzene rings is 6. The van der Waals surface area contributed by atoms with Crippen molar-refractivity contribution in [2.24, 2.45) is 5.92 Å². The summed E-state index contributed by atoms with van der Waals surface area (Å²) in [5, 5.41) is 7.45. The third kappa shape index (κ3) is 7.32. The van der Waals surface area contributed by atoms with E-state index in [0.717, 1.165) is 17.8 Å². The summed E-state index contributed by atoms with van der Waals surface area (Å²) in [5.74, 6) is 0.215. The zero-order valence-electron chi connectivity index (χ0n) is 28.5. The lowest BCUT2D eigenvalue weighted by Gasteiger charge is -2.24. The Morgan fingerprint density at radius 1 is 0.673 bits per heavy atom. The zero-order valence-corrected chi connectivity index (χ0v) is 28.5. The minimum atomic E-state index is 0.215. The topological polar surface area (TPSA) is 3.24 Å². The molecular weight excluding hydrogens is 591 g/mol. The molecule has 6 aromatic carbocycles. The van der Waals surface area contributed by atoms with Gasteiger partial charge in [-0.25, -0.2) is 0 Å². The van der Waals surface area contributed by atoms with Gasteiger partial charge in [0.25, 0.3) is 0 Å². The van der Waals surface area contributed by atoms with Crippen molar-refractivity contribution in [3.05, 3.63) is 200 Å². The first kappa shape index (κ1) is 33.0. The lowest BCUT2D eigenvalue weighted by Crippen LogP contribution is -2.31. The van der Waals surface area contributed by atoms with Gasteiger partial charge in [-0.1, -0.05) is 164 Å². The van der Waals surface area contributed by atoms with Crippen LogP contribution in [0.1, 0.15) is 20.3 Å². The van der Waals surface area contributed by atoms with E-state index in [2.05, 4.69) is 190 Å². The second-order valence-corrected chi connectivity index (χ2v) is 12.1. The standard InChI is InChI=1S/C48H43N/c1-5-8-9-11-21-37(6-2)22-20-33-49(36(4)42-27-16-14-23-38(42)7-3)41-31-32-46(47(35-41)39-24-12-10-13-25-39)48-34-40-26-15-17-28-43(40)44-29-18-19-30-45(44)48/h5-21,23-35,37H,1-2,22H2,3-4H3/b9-8-,21-11+,33-20+,38-7-,42-36+. The van der Waals surface area contributed by atoms with Crippen LogP contribution in [0.15, 0.2) is 189 Å². The Balaban J connectivity index is 1.55. The van der Waals surface area contributed by atoms with Gasteiger partial charge in [0.05, 0.1) is 0 Å². The highest BCUT2D eigenvalue weighted by atomic mass is 15.1. The van der Waals surface area contributed by atoms with Gasteiger partial charge in [-0.05, 0) is 93.4 Å². The number of anilines is 1. The smallest absolute Gasteiger partial charge is 0.0458 e. The number of allylic oxidation sites excluding steroid dienone is 7. The average molecular weight is 634 g/mol. The molecule has 0 aliphatic rings. The molecule has 0 N–H and O–H groups in total. The van der Waals surface area contributed by atoms with Crippen molar-refractivity contribution in [2.75, 3.05) is 4.90 Å². The molecule has 1 nitrogen and oxygen atoms in total. The maximum atomic E-state index is 4.09. The van der Waals surface area contributed by atoms with Crippen LogP contribution < -0.4 is 15.3 Å². The van der Waals surface area contributed by atoms with Crippen LogP contribution in [0.25, 0.3) is 55.6 Å². The molecule has 0 saturated heterocycles. The summed E-state index contributed by atoms with van der Waals surface area (Å²) in [5.41, 5.74) is 7.09. The maximum Gasteiger partial charge on any atom is 0.0458 e. The highest BCUT2D eigenvalue weighted by molar-refractivity contribution is 6.15. The van der Waals surface area contributed by atoms with E-state index >= 15 is 0 Å². The highest BCUT2D eigenvalue weighted by Gasteiger charge is 2.16. The molecule has 6 aromatic rings. The summed E-state index contributed by atoms with van der Waals surface area (Å²) >= 11 is 0. The van der Waals surface area contributed by atoms with Crippen molar-refractivity contribution in [1.82, 2.24) is 0 Å². The molecule has 1 heteroatoms. The van der Waals surface area contributed by atoms with Crippen LogP contribution in [0.4, 0.5) is 5.69 Å². The predicted octanol–water partition coefficient (Wildman–Crippen LogP) is 11.8. The van der Waals surface area contributed by atoms with Crippen LogP contribution in [0.5, 0.6) is 0 Å². The Morgan fingerprint density at radius 3 is 2.16 bits per heavy atom. The Labute approximate surface area is 291 Å². The molecule has 0 fully saturated rings. The zero-order chi connectivity index (χ0) is 34.0. The van der Waals surface area contributed by atoms with Gasteiger partial charge in [0.15, 0.2) is 0 Å². The van der Waals surface area contributed by atoms with Gasteiger partial charge in [0, 0.05) is 22.8 Å². The van der Waals surface area contributed by atoms with E-state index in [-0.39, 0.29) is 5.92 Å². The number of fused-ring (bicyclic) bond motifs is 3. The quantitative estimate of drug-likeness (QED) is 0.0779. The summed E-state index contributed by atoms with van der Waals surface area (Å²) in [4.78, 5) is 2.33. The average Bonchev–Trinajstić information content (AvgIpc) is 3.17. The van der Waals surface area contributed by atoms with Crippen LogP contribution in [-0.4, -0.2) is 0 Å². The number of nitrogens with zero attached hydrogens (tertiary/aromatic N) is 1. The lowest BCUT2D eigenvalue weighted by atomic mass is 9.88. The van der Waals surface area contributed by atoms with Crippen molar-refractivity contribution < 1.29 is 0 Å². The Kier molecular flexibility index (Phi) is 10.6. The van der Waals surface area contributed by atoms with Crippen LogP contribution in [0.3, 0.4) is 0 Å². The van der Waals surface area contributed by atoms with Gasteiger partial charge in [0.1, 0.15) is 0 Å². The van der Waals surface area contributed by atoms with Gasteiger partial charge in [0.2, 0.25) is 0 Å². The summed E-state index contributed by atoms with van der Waals surface area (Å²) < 4.78 is 0. The second-order valence-electron chi connectivity index (χ2n) is 12.1. The molecule has 0 aliphatic heterocycles. The van der Waals surface area contributed by atoms with E-state index in [0.29, 0.717) is 0 Å². The summed E-state index contributed by atoms with van der Waals surface area (Å²) in [7, 11) is 0. The van der Waals surface area contributed by atoms with Crippen molar-refractivity contribution >= 4 is 39.0 Å². The molecule has 1 unspecified atom stereocenters. The van der Waals surface area contributed by atoms with Gasteiger partial charge in [-0.15, -0.1) is 6.58 Å². The van der Waals surface area contributed by atoms with Crippen LogP contribution in [0.2, 0.25) is 0 Å². The van der Waals surface area contributed by atoms with Crippen LogP contribution in [-0.2, 0) is 0 Å². The number of hydrogen-bond donors (Lipinski definition) is 0. The summed E-state index contributed by atoms with van der Waals surface area (Å²) in [6.45, 7) is 12.2. The molecule has 0 amide bonds. The molecule has 0 saturated carbocycles. The maximum absolute atomic E-state index is 4.09. The third-order valence-corrected chi connectivity index (χ3v) is 9.13. The van der Waals surface area contributed by atoms with Gasteiger partial charge in [-0.3, -0.25) is 0 Å². The first-order valence-electron chi connectivity index (χ1n) is 17.0. The number of hydrogen-bond acceptors (Lipinski definition) is 1. The number of rotatable bonds is 11. The first-order chi connectivity index (χ1) is 24.1. The Morgan fingerprint density at radius 2 is 1.39 bits per heavy atom. The molecule has 6 rings (SSSR count). The molecule has 0 radical (unpaired) electrons. The van der Waals surface area contributed by atoms with Crippen molar-refractivity contribution in [3.63, 3.8) is 0 Å². The van der Waals surface area contributed by atoms with E-state index in [1.165, 1.54) is 54.2 Å². The van der Waals surface area contributed by atoms with E-state index in [4.69, 9.17) is 0 Å².